The van der Waals surface area contributed by atoms with E-state index < -0.39 is 5.95 Å². The van der Waals surface area contributed by atoms with Crippen LogP contribution >= 0.6 is 0 Å². The second-order valence-electron chi connectivity index (χ2n) is 1.69. The number of aliphatic imine (C=N–C) groups is 1. The smallest absolute Gasteiger partial charge is 0.214 e. The zero-order chi connectivity index (χ0) is 8.69. The van der Waals surface area contributed by atoms with Gasteiger partial charge in [-0.1, -0.05) is 6.08 Å². The van der Waals surface area contributed by atoms with Crippen LogP contribution in [0, 0.1) is 0 Å². The molecular formula is C7H7F2NO. The summed E-state index contributed by atoms with van der Waals surface area (Å²) >= 11 is 0. The van der Waals surface area contributed by atoms with Gasteiger partial charge in [-0.3, -0.25) is 4.79 Å². The Morgan fingerprint density at radius 3 is 2.64 bits per heavy atom. The van der Waals surface area contributed by atoms with Gasteiger partial charge in [-0.2, -0.15) is 13.8 Å². The first-order chi connectivity index (χ1) is 5.16. The molecule has 0 spiro atoms. The lowest BCUT2D eigenvalue weighted by Crippen LogP contribution is -1.77. The molecule has 0 fully saturated rings. The molecular weight excluding hydrogens is 152 g/mol. The maximum atomic E-state index is 12.1. The molecule has 0 unspecified atom stereocenters. The molecule has 0 aliphatic carbocycles. The first kappa shape index (κ1) is 9.68. The molecule has 4 heteroatoms. The minimum Gasteiger partial charge on any atom is -0.295 e. The number of rotatable bonds is 3. The predicted octanol–water partition coefficient (Wildman–Crippen LogP) is 1.94. The molecule has 0 radical (unpaired) electrons. The Labute approximate surface area is 62.9 Å². The van der Waals surface area contributed by atoms with Gasteiger partial charge in [0, 0.05) is 0 Å². The number of nitrogens with zero attached hydrogens (tertiary/aromatic N) is 1. The average Bonchev–Trinajstić information content (AvgIpc) is 1.87. The first-order valence-corrected chi connectivity index (χ1v) is 2.84. The average molecular weight is 159 g/mol. The van der Waals surface area contributed by atoms with Crippen LogP contribution in [0.4, 0.5) is 8.78 Å². The number of carbonyl (C=O) groups excluding carboxylic acids is 1. The molecule has 0 aromatic rings. The molecule has 0 aliphatic rings. The van der Waals surface area contributed by atoms with Gasteiger partial charge in [-0.15, -0.1) is 0 Å². The summed E-state index contributed by atoms with van der Waals surface area (Å²) in [5.74, 6) is -1.19. The van der Waals surface area contributed by atoms with E-state index in [2.05, 4.69) is 4.99 Å². The molecule has 11 heavy (non-hydrogen) atoms. The minimum atomic E-state index is -0.981. The van der Waals surface area contributed by atoms with Crippen molar-refractivity contribution in [3.8, 4) is 0 Å². The van der Waals surface area contributed by atoms with Crippen LogP contribution < -0.4 is 0 Å². The Balaban J connectivity index is 4.01. The van der Waals surface area contributed by atoms with Gasteiger partial charge >= 0.3 is 0 Å². The highest BCUT2D eigenvalue weighted by Gasteiger charge is 1.84. The van der Waals surface area contributed by atoms with Crippen molar-refractivity contribution in [2.45, 2.75) is 6.92 Å². The molecule has 0 aromatic carbocycles. The Hall–Kier alpha value is -1.32. The summed E-state index contributed by atoms with van der Waals surface area (Å²) in [6, 6.07) is 0. The molecule has 60 valence electrons. The molecule has 0 heterocycles. The number of hydrogen-bond donors (Lipinski definition) is 0. The SMILES string of the molecule is CC(=O)/C=C/C=C(F)\N=C\F. The van der Waals surface area contributed by atoms with Gasteiger partial charge < -0.3 is 0 Å². The van der Waals surface area contributed by atoms with Crippen molar-refractivity contribution < 1.29 is 13.6 Å². The third-order valence-electron chi connectivity index (χ3n) is 0.737. The van der Waals surface area contributed by atoms with Crippen molar-refractivity contribution in [1.29, 1.82) is 0 Å². The minimum absolute atomic E-state index is 0.159. The summed E-state index contributed by atoms with van der Waals surface area (Å²) in [5.41, 5.74) is 0. The second-order valence-corrected chi connectivity index (χ2v) is 1.69. The lowest BCUT2D eigenvalue weighted by Gasteiger charge is -1.79. The van der Waals surface area contributed by atoms with Gasteiger partial charge in [0.2, 0.25) is 5.95 Å². The fourth-order valence-electron chi connectivity index (χ4n) is 0.353. The molecule has 0 bridgehead atoms. The van der Waals surface area contributed by atoms with Crippen LogP contribution in [-0.4, -0.2) is 12.3 Å². The van der Waals surface area contributed by atoms with Crippen molar-refractivity contribution in [3.63, 3.8) is 0 Å². The van der Waals surface area contributed by atoms with Crippen LogP contribution in [0.1, 0.15) is 6.92 Å². The van der Waals surface area contributed by atoms with Gasteiger partial charge in [0.25, 0.3) is 0 Å². The monoisotopic (exact) mass is 159 g/mol. The third kappa shape index (κ3) is 6.57. The van der Waals surface area contributed by atoms with E-state index in [9.17, 15) is 13.6 Å². The molecule has 0 aromatic heterocycles. The Morgan fingerprint density at radius 2 is 2.18 bits per heavy atom. The lowest BCUT2D eigenvalue weighted by atomic mass is 10.4. The van der Waals surface area contributed by atoms with Crippen LogP contribution in [0.2, 0.25) is 0 Å². The Morgan fingerprint density at radius 1 is 1.55 bits per heavy atom. The molecule has 0 amide bonds. The van der Waals surface area contributed by atoms with Gasteiger partial charge in [0.15, 0.2) is 12.3 Å². The van der Waals surface area contributed by atoms with Crippen LogP contribution in [-0.2, 0) is 4.79 Å². The molecule has 0 rings (SSSR count). The van der Waals surface area contributed by atoms with Gasteiger partial charge in [0.05, 0.1) is 0 Å². The van der Waals surface area contributed by atoms with E-state index in [1.165, 1.54) is 6.92 Å². The highest BCUT2D eigenvalue weighted by atomic mass is 19.1. The quantitative estimate of drug-likeness (QED) is 0.268. The van der Waals surface area contributed by atoms with Crippen molar-refractivity contribution in [1.82, 2.24) is 0 Å². The van der Waals surface area contributed by atoms with Gasteiger partial charge in [-0.25, -0.2) is 0 Å². The zero-order valence-electron chi connectivity index (χ0n) is 5.92. The maximum Gasteiger partial charge on any atom is 0.214 e. The third-order valence-corrected chi connectivity index (χ3v) is 0.737. The Kier molecular flexibility index (Phi) is 4.81. The fraction of sp³-hybridized carbons (Fsp3) is 0.143. The fourth-order valence-corrected chi connectivity index (χ4v) is 0.353. The normalized spacial score (nSPS) is 13.2. The van der Waals surface area contributed by atoms with Crippen LogP contribution in [0.25, 0.3) is 0 Å². The van der Waals surface area contributed by atoms with E-state index in [4.69, 9.17) is 0 Å². The molecule has 0 saturated carbocycles. The van der Waals surface area contributed by atoms with Crippen LogP contribution in [0.15, 0.2) is 29.2 Å². The van der Waals surface area contributed by atoms with E-state index in [1.807, 2.05) is 0 Å². The first-order valence-electron chi connectivity index (χ1n) is 2.84. The summed E-state index contributed by atoms with van der Waals surface area (Å²) < 4.78 is 23.3. The summed E-state index contributed by atoms with van der Waals surface area (Å²) in [6.07, 6.45) is 3.19. The van der Waals surface area contributed by atoms with Crippen molar-refractivity contribution in [2.24, 2.45) is 4.99 Å². The molecule has 2 nitrogen and oxygen atoms in total. The summed E-state index contributed by atoms with van der Waals surface area (Å²) in [5, 5.41) is 0. The zero-order valence-corrected chi connectivity index (χ0v) is 5.92. The van der Waals surface area contributed by atoms with Gasteiger partial charge in [0.1, 0.15) is 0 Å². The molecule has 0 N–H and O–H groups in total. The van der Waals surface area contributed by atoms with E-state index in [1.54, 1.807) is 0 Å². The van der Waals surface area contributed by atoms with Crippen molar-refractivity contribution in [3.05, 3.63) is 24.2 Å². The topological polar surface area (TPSA) is 29.4 Å². The summed E-state index contributed by atoms with van der Waals surface area (Å²) in [7, 11) is 0. The van der Waals surface area contributed by atoms with Crippen LogP contribution in [0.5, 0.6) is 0 Å². The van der Waals surface area contributed by atoms with Crippen molar-refractivity contribution in [2.75, 3.05) is 0 Å². The second kappa shape index (κ2) is 5.46. The van der Waals surface area contributed by atoms with Crippen molar-refractivity contribution >= 4 is 12.3 Å². The maximum absolute atomic E-state index is 12.1. The number of carbonyl (C=O) groups is 1. The summed E-state index contributed by atoms with van der Waals surface area (Å²) in [6.45, 7) is 1.16. The molecule has 0 saturated heterocycles. The van der Waals surface area contributed by atoms with E-state index in [-0.39, 0.29) is 12.3 Å². The predicted molar refractivity (Wildman–Crippen MR) is 38.6 cm³/mol. The van der Waals surface area contributed by atoms with E-state index in [0.717, 1.165) is 18.2 Å². The largest absolute Gasteiger partial charge is 0.295 e. The number of hydrogen-bond acceptors (Lipinski definition) is 2. The highest BCUT2D eigenvalue weighted by molar-refractivity contribution is 5.87. The molecule has 0 aliphatic heterocycles. The number of allylic oxidation sites excluding steroid dienone is 3. The van der Waals surface area contributed by atoms with E-state index >= 15 is 0 Å². The Bertz CT molecular complexity index is 218. The number of ketones is 1. The van der Waals surface area contributed by atoms with Crippen LogP contribution in [0.3, 0.4) is 0 Å². The number of halogens is 2. The lowest BCUT2D eigenvalue weighted by molar-refractivity contribution is -0.112. The standard InChI is InChI=1S/C7H7F2NO/c1-6(11)3-2-4-7(9)10-5-8/h2-5H,1H3/b3-2+,7-4-,10-5+. The van der Waals surface area contributed by atoms with Gasteiger partial charge in [-0.05, 0) is 19.1 Å². The summed E-state index contributed by atoms with van der Waals surface area (Å²) in [4.78, 5) is 12.9. The molecule has 0 atom stereocenters. The highest BCUT2D eigenvalue weighted by Crippen LogP contribution is 1.96. The van der Waals surface area contributed by atoms with E-state index in [0.29, 0.717) is 0 Å².